The van der Waals surface area contributed by atoms with Crippen molar-refractivity contribution in [3.8, 4) is 28.3 Å². The molecule has 1 N–H and O–H groups in total. The Kier molecular flexibility index (Phi) is 5.88. The molecule has 27 heavy (non-hydrogen) atoms. The molecule has 0 aliphatic heterocycles. The van der Waals surface area contributed by atoms with Crippen LogP contribution in [0.5, 0.6) is 5.75 Å². The fourth-order valence-corrected chi connectivity index (χ4v) is 3.04. The number of ether oxygens (including phenoxy) is 2. The fraction of sp³-hybridized carbons (Fsp3) is 0.238. The minimum atomic E-state index is -0.0844. The SMILES string of the molecule is CNC(=O)Cn1cnc(-c2ccccc2)c1-c1ccc(OC)c(COC)c1. The largest absolute Gasteiger partial charge is 0.496 e. The van der Waals surface area contributed by atoms with Crippen LogP contribution in [0.15, 0.2) is 54.9 Å². The minimum absolute atomic E-state index is 0.0844. The van der Waals surface area contributed by atoms with Gasteiger partial charge in [0.2, 0.25) is 5.91 Å². The molecule has 1 amide bonds. The second-order valence-electron chi connectivity index (χ2n) is 6.07. The topological polar surface area (TPSA) is 65.4 Å². The first kappa shape index (κ1) is 18.7. The highest BCUT2D eigenvalue weighted by atomic mass is 16.5. The van der Waals surface area contributed by atoms with Gasteiger partial charge in [0, 0.05) is 30.8 Å². The number of nitrogens with zero attached hydrogens (tertiary/aromatic N) is 2. The molecule has 0 radical (unpaired) electrons. The van der Waals surface area contributed by atoms with E-state index in [1.165, 1.54) is 0 Å². The summed E-state index contributed by atoms with van der Waals surface area (Å²) in [5.41, 5.74) is 4.58. The fourth-order valence-electron chi connectivity index (χ4n) is 3.04. The highest BCUT2D eigenvalue weighted by molar-refractivity contribution is 5.82. The second-order valence-corrected chi connectivity index (χ2v) is 6.07. The molecule has 1 heterocycles. The first-order chi connectivity index (χ1) is 13.2. The number of methoxy groups -OCH3 is 2. The molecular formula is C21H23N3O3. The Morgan fingerprint density at radius 2 is 1.89 bits per heavy atom. The lowest BCUT2D eigenvalue weighted by atomic mass is 10.0. The molecule has 0 fully saturated rings. The molecular weight excluding hydrogens is 342 g/mol. The molecule has 0 bridgehead atoms. The van der Waals surface area contributed by atoms with E-state index in [2.05, 4.69) is 10.3 Å². The Labute approximate surface area is 158 Å². The number of nitrogens with one attached hydrogen (secondary N) is 1. The van der Waals surface area contributed by atoms with Crippen LogP contribution in [0, 0.1) is 0 Å². The molecule has 3 aromatic rings. The average molecular weight is 365 g/mol. The van der Waals surface area contributed by atoms with E-state index in [4.69, 9.17) is 9.47 Å². The first-order valence-corrected chi connectivity index (χ1v) is 8.65. The molecule has 0 spiro atoms. The highest BCUT2D eigenvalue weighted by Gasteiger charge is 2.18. The van der Waals surface area contributed by atoms with Crippen molar-refractivity contribution in [1.29, 1.82) is 0 Å². The van der Waals surface area contributed by atoms with Gasteiger partial charge in [0.05, 0.1) is 31.4 Å². The van der Waals surface area contributed by atoms with Gasteiger partial charge in [-0.05, 0) is 18.2 Å². The molecule has 0 saturated heterocycles. The van der Waals surface area contributed by atoms with Crippen LogP contribution in [-0.4, -0.2) is 36.7 Å². The molecule has 1 aromatic heterocycles. The van der Waals surface area contributed by atoms with E-state index in [1.54, 1.807) is 27.6 Å². The molecule has 0 unspecified atom stereocenters. The number of benzene rings is 2. The van der Waals surface area contributed by atoms with E-state index in [0.29, 0.717) is 6.61 Å². The Morgan fingerprint density at radius 3 is 2.56 bits per heavy atom. The summed E-state index contributed by atoms with van der Waals surface area (Å²) in [5, 5.41) is 2.66. The number of hydrogen-bond acceptors (Lipinski definition) is 4. The summed E-state index contributed by atoms with van der Waals surface area (Å²) in [5.74, 6) is 0.679. The van der Waals surface area contributed by atoms with Crippen molar-refractivity contribution >= 4 is 5.91 Å². The average Bonchev–Trinajstić information content (AvgIpc) is 3.12. The van der Waals surface area contributed by atoms with Gasteiger partial charge in [-0.15, -0.1) is 0 Å². The van der Waals surface area contributed by atoms with E-state index in [9.17, 15) is 4.79 Å². The van der Waals surface area contributed by atoms with E-state index in [-0.39, 0.29) is 12.5 Å². The summed E-state index contributed by atoms with van der Waals surface area (Å²) in [4.78, 5) is 16.6. The molecule has 0 saturated carbocycles. The van der Waals surface area contributed by atoms with Gasteiger partial charge in [-0.3, -0.25) is 4.79 Å². The number of amides is 1. The van der Waals surface area contributed by atoms with Gasteiger partial charge >= 0.3 is 0 Å². The van der Waals surface area contributed by atoms with Crippen LogP contribution in [0.3, 0.4) is 0 Å². The van der Waals surface area contributed by atoms with E-state index in [1.807, 2.05) is 53.1 Å². The summed E-state index contributed by atoms with van der Waals surface area (Å²) in [6.07, 6.45) is 1.70. The molecule has 0 atom stereocenters. The Bertz CT molecular complexity index is 920. The van der Waals surface area contributed by atoms with Crippen molar-refractivity contribution in [2.45, 2.75) is 13.2 Å². The van der Waals surface area contributed by atoms with Crippen molar-refractivity contribution in [2.75, 3.05) is 21.3 Å². The number of likely N-dealkylation sites (N-methyl/N-ethyl adjacent to an activating group) is 1. The van der Waals surface area contributed by atoms with Gasteiger partial charge in [-0.25, -0.2) is 4.98 Å². The van der Waals surface area contributed by atoms with E-state index < -0.39 is 0 Å². The van der Waals surface area contributed by atoms with E-state index in [0.717, 1.165) is 33.8 Å². The first-order valence-electron chi connectivity index (χ1n) is 8.65. The number of aromatic nitrogens is 2. The molecule has 0 aliphatic rings. The molecule has 0 aliphatic carbocycles. The molecule has 140 valence electrons. The Hall–Kier alpha value is -3.12. The quantitative estimate of drug-likeness (QED) is 0.699. The monoisotopic (exact) mass is 365 g/mol. The summed E-state index contributed by atoms with van der Waals surface area (Å²) < 4.78 is 12.6. The number of carbonyl (C=O) groups excluding carboxylic acids is 1. The van der Waals surface area contributed by atoms with Gasteiger partial charge < -0.3 is 19.4 Å². The van der Waals surface area contributed by atoms with Gasteiger partial charge in [0.15, 0.2) is 0 Å². The van der Waals surface area contributed by atoms with Crippen molar-refractivity contribution in [1.82, 2.24) is 14.9 Å². The van der Waals surface area contributed by atoms with Crippen LogP contribution in [0.1, 0.15) is 5.56 Å². The van der Waals surface area contributed by atoms with Crippen LogP contribution in [-0.2, 0) is 22.7 Å². The maximum atomic E-state index is 12.0. The third-order valence-corrected chi connectivity index (χ3v) is 4.33. The Balaban J connectivity index is 2.16. The summed E-state index contributed by atoms with van der Waals surface area (Å²) in [6.45, 7) is 0.624. The number of rotatable bonds is 7. The van der Waals surface area contributed by atoms with Crippen LogP contribution >= 0.6 is 0 Å². The van der Waals surface area contributed by atoms with Gasteiger partial charge in [0.25, 0.3) is 0 Å². The zero-order valence-corrected chi connectivity index (χ0v) is 15.7. The van der Waals surface area contributed by atoms with Crippen LogP contribution in [0.25, 0.3) is 22.5 Å². The van der Waals surface area contributed by atoms with Crippen molar-refractivity contribution in [2.24, 2.45) is 0 Å². The third-order valence-electron chi connectivity index (χ3n) is 4.33. The van der Waals surface area contributed by atoms with E-state index >= 15 is 0 Å². The van der Waals surface area contributed by atoms with Gasteiger partial charge in [-0.1, -0.05) is 30.3 Å². The summed E-state index contributed by atoms with van der Waals surface area (Å²) in [6, 6.07) is 15.8. The number of carbonyl (C=O) groups is 1. The minimum Gasteiger partial charge on any atom is -0.496 e. The predicted octanol–water partition coefficient (Wildman–Crippen LogP) is 3.12. The highest BCUT2D eigenvalue weighted by Crippen LogP contribution is 2.34. The lowest BCUT2D eigenvalue weighted by Crippen LogP contribution is -2.23. The number of hydrogen-bond donors (Lipinski definition) is 1. The third kappa shape index (κ3) is 4.01. The van der Waals surface area contributed by atoms with Crippen LogP contribution in [0.4, 0.5) is 0 Å². The summed E-state index contributed by atoms with van der Waals surface area (Å²) >= 11 is 0. The number of imidazole rings is 1. The lowest BCUT2D eigenvalue weighted by Gasteiger charge is -2.13. The smallest absolute Gasteiger partial charge is 0.239 e. The Morgan fingerprint density at radius 1 is 1.11 bits per heavy atom. The normalized spacial score (nSPS) is 10.6. The van der Waals surface area contributed by atoms with Crippen molar-refractivity contribution < 1.29 is 14.3 Å². The zero-order chi connectivity index (χ0) is 19.2. The van der Waals surface area contributed by atoms with Crippen molar-refractivity contribution in [3.63, 3.8) is 0 Å². The van der Waals surface area contributed by atoms with Gasteiger partial charge in [0.1, 0.15) is 12.3 Å². The second kappa shape index (κ2) is 8.51. The van der Waals surface area contributed by atoms with Crippen LogP contribution < -0.4 is 10.1 Å². The maximum absolute atomic E-state index is 12.0. The molecule has 6 heteroatoms. The molecule has 6 nitrogen and oxygen atoms in total. The van der Waals surface area contributed by atoms with Crippen molar-refractivity contribution in [3.05, 3.63) is 60.4 Å². The zero-order valence-electron chi connectivity index (χ0n) is 15.7. The van der Waals surface area contributed by atoms with Gasteiger partial charge in [-0.2, -0.15) is 0 Å². The molecule has 3 rings (SSSR count). The predicted molar refractivity (Wildman–Crippen MR) is 104 cm³/mol. The summed E-state index contributed by atoms with van der Waals surface area (Å²) in [7, 11) is 4.91. The lowest BCUT2D eigenvalue weighted by molar-refractivity contribution is -0.121. The maximum Gasteiger partial charge on any atom is 0.239 e. The standard InChI is InChI=1S/C21H23N3O3/c1-22-19(25)12-24-14-23-20(15-7-5-4-6-8-15)21(24)16-9-10-18(27-3)17(11-16)13-26-2/h4-11,14H,12-13H2,1-3H3,(H,22,25). The molecule has 2 aromatic carbocycles. The van der Waals surface area contributed by atoms with Crippen LogP contribution in [0.2, 0.25) is 0 Å².